The third-order valence-corrected chi connectivity index (χ3v) is 3.26. The van der Waals surface area contributed by atoms with Crippen LogP contribution >= 0.6 is 11.6 Å². The minimum atomic E-state index is -1.01. The number of hydrogen-bond donors (Lipinski definition) is 2. The molecule has 2 amide bonds. The first kappa shape index (κ1) is 15.2. The normalized spacial score (nSPS) is 18.8. The van der Waals surface area contributed by atoms with E-state index in [0.717, 1.165) is 0 Å². The van der Waals surface area contributed by atoms with Crippen LogP contribution in [-0.4, -0.2) is 34.9 Å². The number of pyridine rings is 1. The molecule has 2 atom stereocenters. The van der Waals surface area contributed by atoms with Crippen molar-refractivity contribution >= 4 is 35.1 Å². The molecule has 0 bridgehead atoms. The number of aromatic nitrogens is 1. The number of amides is 2. The SMILES string of the molecule is C[C@H](OC(=O)[C@H]1CCC(=O)N1)C(=O)Nc1cccnc1Cl. The summed E-state index contributed by atoms with van der Waals surface area (Å²) < 4.78 is 5.03. The van der Waals surface area contributed by atoms with Gasteiger partial charge in [-0.05, 0) is 25.5 Å². The molecule has 1 aromatic rings. The van der Waals surface area contributed by atoms with E-state index in [1.165, 1.54) is 13.1 Å². The third-order valence-electron chi connectivity index (χ3n) is 2.96. The zero-order valence-electron chi connectivity index (χ0n) is 11.3. The molecular formula is C13H14ClN3O4. The summed E-state index contributed by atoms with van der Waals surface area (Å²) in [4.78, 5) is 38.5. The lowest BCUT2D eigenvalue weighted by molar-refractivity contribution is -0.155. The van der Waals surface area contributed by atoms with Gasteiger partial charge in [-0.1, -0.05) is 11.6 Å². The summed E-state index contributed by atoms with van der Waals surface area (Å²) in [5.41, 5.74) is 0.334. The van der Waals surface area contributed by atoms with Crippen LogP contribution in [0.2, 0.25) is 5.15 Å². The van der Waals surface area contributed by atoms with Crippen LogP contribution in [0.4, 0.5) is 5.69 Å². The summed E-state index contributed by atoms with van der Waals surface area (Å²) in [7, 11) is 0. The van der Waals surface area contributed by atoms with E-state index in [9.17, 15) is 14.4 Å². The van der Waals surface area contributed by atoms with E-state index in [1.54, 1.807) is 12.1 Å². The van der Waals surface area contributed by atoms with E-state index in [0.29, 0.717) is 12.1 Å². The average Bonchev–Trinajstić information content (AvgIpc) is 2.88. The molecule has 1 aliphatic heterocycles. The number of carbonyl (C=O) groups is 3. The van der Waals surface area contributed by atoms with Gasteiger partial charge in [0.15, 0.2) is 11.3 Å². The topological polar surface area (TPSA) is 97.4 Å². The number of rotatable bonds is 4. The molecule has 21 heavy (non-hydrogen) atoms. The van der Waals surface area contributed by atoms with Gasteiger partial charge >= 0.3 is 5.97 Å². The Morgan fingerprint density at radius 1 is 1.57 bits per heavy atom. The maximum atomic E-state index is 11.9. The Hall–Kier alpha value is -2.15. The number of hydrogen-bond acceptors (Lipinski definition) is 5. The summed E-state index contributed by atoms with van der Waals surface area (Å²) in [5.74, 6) is -1.35. The monoisotopic (exact) mass is 311 g/mol. The zero-order chi connectivity index (χ0) is 15.4. The van der Waals surface area contributed by atoms with Gasteiger partial charge in [-0.25, -0.2) is 9.78 Å². The molecule has 0 aromatic carbocycles. The quantitative estimate of drug-likeness (QED) is 0.635. The Labute approximate surface area is 126 Å². The molecule has 0 radical (unpaired) electrons. The van der Waals surface area contributed by atoms with Gasteiger partial charge in [-0.15, -0.1) is 0 Å². The fourth-order valence-electron chi connectivity index (χ4n) is 1.81. The molecule has 1 aromatic heterocycles. The van der Waals surface area contributed by atoms with Gasteiger partial charge in [0.1, 0.15) is 6.04 Å². The Bertz CT molecular complexity index is 578. The number of nitrogens with zero attached hydrogens (tertiary/aromatic N) is 1. The Morgan fingerprint density at radius 2 is 2.33 bits per heavy atom. The van der Waals surface area contributed by atoms with Crippen molar-refractivity contribution < 1.29 is 19.1 Å². The second-order valence-electron chi connectivity index (χ2n) is 4.57. The largest absolute Gasteiger partial charge is 0.451 e. The molecule has 8 heteroatoms. The van der Waals surface area contributed by atoms with Crippen LogP contribution in [0.25, 0.3) is 0 Å². The zero-order valence-corrected chi connectivity index (χ0v) is 12.0. The lowest BCUT2D eigenvalue weighted by Crippen LogP contribution is -2.39. The number of esters is 1. The summed E-state index contributed by atoms with van der Waals surface area (Å²) in [5, 5.41) is 5.14. The second kappa shape index (κ2) is 6.53. The fourth-order valence-corrected chi connectivity index (χ4v) is 1.98. The van der Waals surface area contributed by atoms with Crippen LogP contribution < -0.4 is 10.6 Å². The predicted octanol–water partition coefficient (Wildman–Crippen LogP) is 0.884. The summed E-state index contributed by atoms with van der Waals surface area (Å²) in [6.45, 7) is 1.44. The maximum Gasteiger partial charge on any atom is 0.329 e. The highest BCUT2D eigenvalue weighted by molar-refractivity contribution is 6.32. The Morgan fingerprint density at radius 3 is 2.95 bits per heavy atom. The van der Waals surface area contributed by atoms with Gasteiger partial charge in [0.05, 0.1) is 5.69 Å². The molecule has 112 valence electrons. The standard InChI is InChI=1S/C13H14ClN3O4/c1-7(21-13(20)9-4-5-10(18)16-9)12(19)17-8-3-2-6-15-11(8)14/h2-3,6-7,9H,4-5H2,1H3,(H,16,18)(H,17,19)/t7-,9+/m0/s1. The molecule has 0 spiro atoms. The third kappa shape index (κ3) is 3.91. The van der Waals surface area contributed by atoms with Crippen molar-refractivity contribution in [3.05, 3.63) is 23.5 Å². The van der Waals surface area contributed by atoms with E-state index in [4.69, 9.17) is 16.3 Å². The molecule has 0 unspecified atom stereocenters. The van der Waals surface area contributed by atoms with Gasteiger partial charge in [0.25, 0.3) is 5.91 Å². The summed E-state index contributed by atoms with van der Waals surface area (Å²) in [6.07, 6.45) is 1.14. The van der Waals surface area contributed by atoms with Crippen molar-refractivity contribution in [2.24, 2.45) is 0 Å². The van der Waals surface area contributed by atoms with Crippen LogP contribution in [0, 0.1) is 0 Å². The lowest BCUT2D eigenvalue weighted by atomic mass is 10.2. The number of nitrogens with one attached hydrogen (secondary N) is 2. The van der Waals surface area contributed by atoms with Crippen molar-refractivity contribution in [1.82, 2.24) is 10.3 Å². The summed E-state index contributed by atoms with van der Waals surface area (Å²) >= 11 is 5.82. The van der Waals surface area contributed by atoms with Gasteiger partial charge < -0.3 is 15.4 Å². The highest BCUT2D eigenvalue weighted by Crippen LogP contribution is 2.18. The first-order valence-electron chi connectivity index (χ1n) is 6.38. The highest BCUT2D eigenvalue weighted by Gasteiger charge is 2.30. The molecule has 1 aliphatic rings. The van der Waals surface area contributed by atoms with Gasteiger partial charge in [-0.2, -0.15) is 0 Å². The van der Waals surface area contributed by atoms with Crippen molar-refractivity contribution in [3.8, 4) is 0 Å². The second-order valence-corrected chi connectivity index (χ2v) is 4.93. The fraction of sp³-hybridized carbons (Fsp3) is 0.385. The van der Waals surface area contributed by atoms with Crippen LogP contribution in [0.5, 0.6) is 0 Å². The van der Waals surface area contributed by atoms with Crippen molar-refractivity contribution in [3.63, 3.8) is 0 Å². The van der Waals surface area contributed by atoms with E-state index < -0.39 is 24.0 Å². The Kier molecular flexibility index (Phi) is 4.74. The molecule has 1 saturated heterocycles. The van der Waals surface area contributed by atoms with Crippen LogP contribution in [-0.2, 0) is 19.1 Å². The lowest BCUT2D eigenvalue weighted by Gasteiger charge is -2.16. The van der Waals surface area contributed by atoms with E-state index >= 15 is 0 Å². The van der Waals surface area contributed by atoms with Gasteiger partial charge in [0.2, 0.25) is 5.91 Å². The molecular weight excluding hydrogens is 298 g/mol. The van der Waals surface area contributed by atoms with E-state index in [-0.39, 0.29) is 17.5 Å². The molecule has 2 heterocycles. The van der Waals surface area contributed by atoms with Crippen molar-refractivity contribution in [2.45, 2.75) is 31.9 Å². The average molecular weight is 312 g/mol. The van der Waals surface area contributed by atoms with Crippen LogP contribution in [0.1, 0.15) is 19.8 Å². The predicted molar refractivity (Wildman–Crippen MR) is 74.6 cm³/mol. The first-order chi connectivity index (χ1) is 9.97. The molecule has 2 N–H and O–H groups in total. The smallest absolute Gasteiger partial charge is 0.329 e. The molecule has 1 fully saturated rings. The molecule has 0 aliphatic carbocycles. The number of ether oxygens (including phenoxy) is 1. The van der Waals surface area contributed by atoms with Crippen LogP contribution in [0.3, 0.4) is 0 Å². The van der Waals surface area contributed by atoms with Crippen LogP contribution in [0.15, 0.2) is 18.3 Å². The first-order valence-corrected chi connectivity index (χ1v) is 6.76. The van der Waals surface area contributed by atoms with Crippen molar-refractivity contribution in [2.75, 3.05) is 5.32 Å². The molecule has 0 saturated carbocycles. The summed E-state index contributed by atoms with van der Waals surface area (Å²) in [6, 6.07) is 2.51. The maximum absolute atomic E-state index is 11.9. The molecule has 7 nitrogen and oxygen atoms in total. The number of carbonyl (C=O) groups excluding carboxylic acids is 3. The van der Waals surface area contributed by atoms with Crippen molar-refractivity contribution in [1.29, 1.82) is 0 Å². The molecule has 2 rings (SSSR count). The van der Waals surface area contributed by atoms with E-state index in [2.05, 4.69) is 15.6 Å². The van der Waals surface area contributed by atoms with Gasteiger partial charge in [0, 0.05) is 12.6 Å². The Balaban J connectivity index is 1.89. The van der Waals surface area contributed by atoms with E-state index in [1.807, 2.05) is 0 Å². The minimum absolute atomic E-state index is 0.146. The number of anilines is 1. The number of halogens is 1. The van der Waals surface area contributed by atoms with Gasteiger partial charge in [-0.3, -0.25) is 9.59 Å². The highest BCUT2D eigenvalue weighted by atomic mass is 35.5. The minimum Gasteiger partial charge on any atom is -0.451 e.